The van der Waals surface area contributed by atoms with Gasteiger partial charge >= 0.3 is 5.97 Å². The summed E-state index contributed by atoms with van der Waals surface area (Å²) >= 11 is 5.97. The van der Waals surface area contributed by atoms with Crippen molar-refractivity contribution in [3.8, 4) is 0 Å². The second-order valence-corrected chi connectivity index (χ2v) is 8.43. The molecule has 0 radical (unpaired) electrons. The average Bonchev–Trinajstić information content (AvgIpc) is 3.11. The van der Waals surface area contributed by atoms with Crippen LogP contribution in [-0.2, 0) is 14.3 Å². The molecule has 180 valence electrons. The Morgan fingerprint density at radius 2 is 1.62 bits per heavy atom. The zero-order chi connectivity index (χ0) is 24.8. The van der Waals surface area contributed by atoms with E-state index in [-0.39, 0.29) is 11.3 Å². The number of hydrogen-bond donors (Lipinski definition) is 1. The molecule has 1 aliphatic rings. The second kappa shape index (κ2) is 11.3. The second-order valence-electron chi connectivity index (χ2n) is 7.99. The molecule has 1 atom stereocenters. The monoisotopic (exact) mass is 484 g/mol. The predicted octanol–water partition coefficient (Wildman–Crippen LogP) is 4.28. The maximum atomic E-state index is 13.1. The number of esters is 1. The van der Waals surface area contributed by atoms with Crippen LogP contribution in [0.2, 0.25) is 5.02 Å². The van der Waals surface area contributed by atoms with Gasteiger partial charge in [-0.2, -0.15) is 0 Å². The van der Waals surface area contributed by atoms with E-state index in [0.717, 1.165) is 19.6 Å². The van der Waals surface area contributed by atoms with Gasteiger partial charge < -0.3 is 19.6 Å². The van der Waals surface area contributed by atoms with Crippen molar-refractivity contribution in [2.45, 2.75) is 26.3 Å². The molecular formula is C26H29ClN2O5. The summed E-state index contributed by atoms with van der Waals surface area (Å²) in [5.41, 5.74) is 1.37. The van der Waals surface area contributed by atoms with E-state index in [1.807, 2.05) is 0 Å². The maximum Gasteiger partial charge on any atom is 0.337 e. The largest absolute Gasteiger partial charge is 0.507 e. The van der Waals surface area contributed by atoms with Crippen LogP contribution in [0.25, 0.3) is 5.76 Å². The van der Waals surface area contributed by atoms with Gasteiger partial charge in [0.05, 0.1) is 24.3 Å². The summed E-state index contributed by atoms with van der Waals surface area (Å²) in [4.78, 5) is 41.7. The number of amides is 1. The van der Waals surface area contributed by atoms with Crippen molar-refractivity contribution in [1.82, 2.24) is 9.80 Å². The average molecular weight is 485 g/mol. The van der Waals surface area contributed by atoms with Crippen LogP contribution < -0.4 is 0 Å². The van der Waals surface area contributed by atoms with Crippen LogP contribution in [-0.4, -0.2) is 65.9 Å². The van der Waals surface area contributed by atoms with E-state index in [4.69, 9.17) is 16.3 Å². The van der Waals surface area contributed by atoms with E-state index in [1.165, 1.54) is 12.0 Å². The summed E-state index contributed by atoms with van der Waals surface area (Å²) < 4.78 is 4.76. The predicted molar refractivity (Wildman–Crippen MR) is 131 cm³/mol. The highest BCUT2D eigenvalue weighted by Crippen LogP contribution is 2.39. The van der Waals surface area contributed by atoms with Gasteiger partial charge in [-0.3, -0.25) is 9.59 Å². The quantitative estimate of drug-likeness (QED) is 0.247. The first-order valence-electron chi connectivity index (χ1n) is 11.3. The number of carbonyl (C=O) groups is 3. The van der Waals surface area contributed by atoms with E-state index in [0.29, 0.717) is 34.7 Å². The number of ketones is 1. The van der Waals surface area contributed by atoms with Gasteiger partial charge in [-0.05, 0) is 68.0 Å². The zero-order valence-corrected chi connectivity index (χ0v) is 20.3. The molecule has 1 amide bonds. The third-order valence-corrected chi connectivity index (χ3v) is 6.32. The fraction of sp³-hybridized carbons (Fsp3) is 0.346. The van der Waals surface area contributed by atoms with Crippen molar-refractivity contribution in [3.63, 3.8) is 0 Å². The molecule has 1 fully saturated rings. The van der Waals surface area contributed by atoms with Gasteiger partial charge in [0.25, 0.3) is 11.7 Å². The third-order valence-electron chi connectivity index (χ3n) is 6.07. The number of aliphatic hydroxyl groups is 1. The van der Waals surface area contributed by atoms with E-state index in [9.17, 15) is 19.5 Å². The number of aliphatic hydroxyl groups excluding tert-OH is 1. The summed E-state index contributed by atoms with van der Waals surface area (Å²) in [5, 5.41) is 11.6. The van der Waals surface area contributed by atoms with Gasteiger partial charge in [-0.25, -0.2) is 4.79 Å². The number of rotatable bonds is 9. The Balaban J connectivity index is 2.03. The SMILES string of the molecule is CCN(CC)CCCN1C(=O)C(=O)C(=C(O)c2ccc(Cl)cc2)C1c1ccc(C(=O)OC)cc1. The Morgan fingerprint density at radius 1 is 1.03 bits per heavy atom. The van der Waals surface area contributed by atoms with Crippen LogP contribution in [0.5, 0.6) is 0 Å². The molecule has 1 heterocycles. The van der Waals surface area contributed by atoms with Crippen LogP contribution >= 0.6 is 11.6 Å². The standard InChI is InChI=1S/C26H29ClN2O5/c1-4-28(5-2)15-6-16-29-22(17-7-9-19(10-8-17)26(33)34-3)21(24(31)25(29)32)23(30)18-11-13-20(27)14-12-18/h7-14,22,30H,4-6,15-16H2,1-3H3. The number of likely N-dealkylation sites (tertiary alicyclic amines) is 1. The van der Waals surface area contributed by atoms with E-state index in [2.05, 4.69) is 18.7 Å². The first kappa shape index (κ1) is 25.5. The summed E-state index contributed by atoms with van der Waals surface area (Å²) in [6, 6.07) is 12.2. The molecular weight excluding hydrogens is 456 g/mol. The van der Waals surface area contributed by atoms with E-state index >= 15 is 0 Å². The first-order valence-corrected chi connectivity index (χ1v) is 11.6. The molecule has 3 rings (SSSR count). The van der Waals surface area contributed by atoms with Gasteiger partial charge in [0, 0.05) is 17.1 Å². The van der Waals surface area contributed by atoms with Crippen molar-refractivity contribution < 1.29 is 24.2 Å². The van der Waals surface area contributed by atoms with Gasteiger partial charge in [0.2, 0.25) is 0 Å². The summed E-state index contributed by atoms with van der Waals surface area (Å²) in [6.45, 7) is 7.06. The van der Waals surface area contributed by atoms with Crippen molar-refractivity contribution in [2.75, 3.05) is 33.3 Å². The van der Waals surface area contributed by atoms with Crippen LogP contribution in [0.3, 0.4) is 0 Å². The minimum Gasteiger partial charge on any atom is -0.507 e. The summed E-state index contributed by atoms with van der Waals surface area (Å²) in [5.74, 6) is -2.14. The Morgan fingerprint density at radius 3 is 2.18 bits per heavy atom. The number of carbonyl (C=O) groups excluding carboxylic acids is 3. The Bertz CT molecular complexity index is 1080. The topological polar surface area (TPSA) is 87.2 Å². The van der Waals surface area contributed by atoms with Crippen molar-refractivity contribution in [1.29, 1.82) is 0 Å². The number of hydrogen-bond acceptors (Lipinski definition) is 6. The highest BCUT2D eigenvalue weighted by molar-refractivity contribution is 6.46. The maximum absolute atomic E-state index is 13.1. The minimum absolute atomic E-state index is 0.0148. The molecule has 1 N–H and O–H groups in total. The fourth-order valence-electron chi connectivity index (χ4n) is 4.14. The molecule has 2 aromatic rings. The molecule has 2 aromatic carbocycles. The number of benzene rings is 2. The number of methoxy groups -OCH3 is 1. The molecule has 1 saturated heterocycles. The third kappa shape index (κ3) is 5.32. The summed E-state index contributed by atoms with van der Waals surface area (Å²) in [7, 11) is 1.30. The highest BCUT2D eigenvalue weighted by atomic mass is 35.5. The molecule has 1 unspecified atom stereocenters. The minimum atomic E-state index is -0.779. The molecule has 0 saturated carbocycles. The number of Topliss-reactive ketones (excluding diaryl/α,β-unsaturated/α-hetero) is 1. The van der Waals surface area contributed by atoms with E-state index in [1.54, 1.807) is 48.5 Å². The van der Waals surface area contributed by atoms with Gasteiger partial charge in [-0.15, -0.1) is 0 Å². The Labute approximate surface area is 204 Å². The molecule has 0 spiro atoms. The van der Waals surface area contributed by atoms with Crippen molar-refractivity contribution in [2.24, 2.45) is 0 Å². The van der Waals surface area contributed by atoms with Crippen LogP contribution in [0, 0.1) is 0 Å². The van der Waals surface area contributed by atoms with Gasteiger partial charge in [0.15, 0.2) is 0 Å². The van der Waals surface area contributed by atoms with Crippen molar-refractivity contribution >= 4 is 35.0 Å². The molecule has 0 aliphatic carbocycles. The number of ether oxygens (including phenoxy) is 1. The molecule has 7 nitrogen and oxygen atoms in total. The van der Waals surface area contributed by atoms with E-state index < -0.39 is 23.7 Å². The summed E-state index contributed by atoms with van der Waals surface area (Å²) in [6.07, 6.45) is 0.673. The molecule has 1 aliphatic heterocycles. The smallest absolute Gasteiger partial charge is 0.337 e. The van der Waals surface area contributed by atoms with Gasteiger partial charge in [0.1, 0.15) is 5.76 Å². The van der Waals surface area contributed by atoms with Crippen LogP contribution in [0.4, 0.5) is 0 Å². The fourth-order valence-corrected chi connectivity index (χ4v) is 4.27. The Kier molecular flexibility index (Phi) is 8.47. The Hall–Kier alpha value is -3.16. The molecule has 34 heavy (non-hydrogen) atoms. The lowest BCUT2D eigenvalue weighted by Crippen LogP contribution is -2.33. The highest BCUT2D eigenvalue weighted by Gasteiger charge is 2.45. The van der Waals surface area contributed by atoms with Gasteiger partial charge in [-0.1, -0.05) is 37.6 Å². The number of nitrogens with zero attached hydrogens (tertiary/aromatic N) is 2. The normalized spacial score (nSPS) is 17.4. The zero-order valence-electron chi connectivity index (χ0n) is 19.6. The molecule has 0 bridgehead atoms. The van der Waals surface area contributed by atoms with Crippen LogP contribution in [0.15, 0.2) is 54.1 Å². The lowest BCUT2D eigenvalue weighted by atomic mass is 9.94. The van der Waals surface area contributed by atoms with Crippen molar-refractivity contribution in [3.05, 3.63) is 75.8 Å². The molecule has 8 heteroatoms. The number of halogens is 1. The first-order chi connectivity index (χ1) is 16.3. The lowest BCUT2D eigenvalue weighted by molar-refractivity contribution is -0.140. The lowest BCUT2D eigenvalue weighted by Gasteiger charge is -2.27. The molecule has 0 aromatic heterocycles. The van der Waals surface area contributed by atoms with Crippen LogP contribution in [0.1, 0.15) is 47.8 Å².